The number of ether oxygens (including phenoxy) is 1. The van der Waals surface area contributed by atoms with Crippen LogP contribution >= 0.6 is 0 Å². The van der Waals surface area contributed by atoms with Crippen LogP contribution in [0.2, 0.25) is 0 Å². The fraction of sp³-hybridized carbons (Fsp3) is 0.353. The molecule has 0 fully saturated rings. The summed E-state index contributed by atoms with van der Waals surface area (Å²) in [4.78, 5) is 23.8. The fourth-order valence-corrected chi connectivity index (χ4v) is 2.22. The molecule has 0 spiro atoms. The second-order valence-electron chi connectivity index (χ2n) is 5.82. The number of carbonyl (C=O) groups excluding carboxylic acids is 2. The number of aryl methyl sites for hydroxylation is 1. The third kappa shape index (κ3) is 5.28. The van der Waals surface area contributed by atoms with E-state index in [2.05, 4.69) is 15.2 Å². The van der Waals surface area contributed by atoms with E-state index in [0.717, 1.165) is 0 Å². The Labute approximate surface area is 157 Å². The molecule has 0 aliphatic rings. The minimum atomic E-state index is -4.25. The van der Waals surface area contributed by atoms with Gasteiger partial charge in [-0.15, -0.1) is 0 Å². The van der Waals surface area contributed by atoms with E-state index in [1.807, 2.05) is 0 Å². The Morgan fingerprint density at radius 1 is 1.36 bits per heavy atom. The van der Waals surface area contributed by atoms with Gasteiger partial charge in [-0.3, -0.25) is 14.3 Å². The summed E-state index contributed by atoms with van der Waals surface area (Å²) in [5.41, 5.74) is 5.72. The van der Waals surface area contributed by atoms with Crippen molar-refractivity contribution in [1.29, 1.82) is 0 Å². The van der Waals surface area contributed by atoms with E-state index >= 15 is 0 Å². The quantitative estimate of drug-likeness (QED) is 0.630. The van der Waals surface area contributed by atoms with Gasteiger partial charge in [-0.05, 0) is 24.6 Å². The summed E-state index contributed by atoms with van der Waals surface area (Å²) in [7, 11) is 0. The van der Waals surface area contributed by atoms with E-state index in [1.54, 1.807) is 6.92 Å². The summed E-state index contributed by atoms with van der Waals surface area (Å²) in [6, 6.07) is 5.76. The fourth-order valence-electron chi connectivity index (χ4n) is 2.22. The molecular weight excluding hydrogens is 384 g/mol. The lowest BCUT2D eigenvalue weighted by molar-refractivity contribution is -0.168. The van der Waals surface area contributed by atoms with Gasteiger partial charge in [0, 0.05) is 18.3 Å². The Kier molecular flexibility index (Phi) is 6.73. The average molecular weight is 402 g/mol. The SMILES string of the molecule is CCn1cc(NC(=O)c2cccc(COCC(F)(F)C(F)F)c2)c(C(N)=O)n1. The van der Waals surface area contributed by atoms with Crippen LogP contribution < -0.4 is 11.1 Å². The van der Waals surface area contributed by atoms with E-state index < -0.39 is 30.8 Å². The Bertz CT molecular complexity index is 855. The molecule has 0 aliphatic heterocycles. The number of nitrogens with two attached hydrogens (primary N) is 1. The topological polar surface area (TPSA) is 99.2 Å². The Balaban J connectivity index is 2.06. The predicted molar refractivity (Wildman–Crippen MR) is 91.4 cm³/mol. The van der Waals surface area contributed by atoms with Crippen molar-refractivity contribution in [1.82, 2.24) is 9.78 Å². The van der Waals surface area contributed by atoms with Gasteiger partial charge >= 0.3 is 12.3 Å². The van der Waals surface area contributed by atoms with Gasteiger partial charge in [0.05, 0.1) is 12.3 Å². The van der Waals surface area contributed by atoms with Crippen molar-refractivity contribution < 1.29 is 31.9 Å². The number of nitrogens with zero attached hydrogens (tertiary/aromatic N) is 2. The lowest BCUT2D eigenvalue weighted by Crippen LogP contribution is -2.32. The first-order chi connectivity index (χ1) is 13.1. The summed E-state index contributed by atoms with van der Waals surface area (Å²) in [6.45, 7) is 0.402. The number of nitrogens with one attached hydrogen (secondary N) is 1. The number of alkyl halides is 4. The van der Waals surface area contributed by atoms with Crippen molar-refractivity contribution in [3.8, 4) is 0 Å². The zero-order chi connectivity index (χ0) is 20.9. The van der Waals surface area contributed by atoms with Crippen molar-refractivity contribution in [3.63, 3.8) is 0 Å². The highest BCUT2D eigenvalue weighted by Gasteiger charge is 2.40. The van der Waals surface area contributed by atoms with Crippen molar-refractivity contribution >= 4 is 17.5 Å². The van der Waals surface area contributed by atoms with Crippen LogP contribution in [0, 0.1) is 0 Å². The molecule has 1 aromatic carbocycles. The zero-order valence-corrected chi connectivity index (χ0v) is 14.8. The van der Waals surface area contributed by atoms with Gasteiger partial charge < -0.3 is 15.8 Å². The molecule has 0 saturated heterocycles. The van der Waals surface area contributed by atoms with Crippen molar-refractivity contribution in [2.75, 3.05) is 11.9 Å². The molecule has 0 radical (unpaired) electrons. The van der Waals surface area contributed by atoms with Crippen molar-refractivity contribution in [2.24, 2.45) is 5.73 Å². The van der Waals surface area contributed by atoms with Crippen LogP contribution in [0.4, 0.5) is 23.2 Å². The van der Waals surface area contributed by atoms with Gasteiger partial charge in [-0.25, -0.2) is 8.78 Å². The number of hydrogen-bond acceptors (Lipinski definition) is 4. The van der Waals surface area contributed by atoms with Crippen molar-refractivity contribution in [2.45, 2.75) is 32.4 Å². The molecule has 0 atom stereocenters. The Morgan fingerprint density at radius 3 is 2.68 bits per heavy atom. The van der Waals surface area contributed by atoms with Crippen LogP contribution in [0.25, 0.3) is 0 Å². The number of carbonyl (C=O) groups is 2. The molecule has 0 unspecified atom stereocenters. The second-order valence-corrected chi connectivity index (χ2v) is 5.82. The summed E-state index contributed by atoms with van der Waals surface area (Å²) in [5, 5.41) is 6.45. The van der Waals surface area contributed by atoms with Gasteiger partial charge in [0.1, 0.15) is 6.61 Å². The normalized spacial score (nSPS) is 11.6. The van der Waals surface area contributed by atoms with Gasteiger partial charge in [0.25, 0.3) is 11.8 Å². The summed E-state index contributed by atoms with van der Waals surface area (Å²) < 4.78 is 56.0. The van der Waals surface area contributed by atoms with Gasteiger partial charge in [0.2, 0.25) is 0 Å². The minimum absolute atomic E-state index is 0.107. The Morgan fingerprint density at radius 2 is 2.07 bits per heavy atom. The van der Waals surface area contributed by atoms with E-state index in [9.17, 15) is 27.2 Å². The standard InChI is InChI=1S/C17H18F4N4O3/c1-2-25-7-12(13(24-25)14(22)26)23-15(27)11-5-3-4-10(6-11)8-28-9-17(20,21)16(18)19/h3-7,16H,2,8-9H2,1H3,(H2,22,26)(H,23,27). The van der Waals surface area contributed by atoms with Crippen LogP contribution in [-0.4, -0.2) is 40.5 Å². The lowest BCUT2D eigenvalue weighted by atomic mass is 10.1. The maximum absolute atomic E-state index is 12.8. The number of primary amides is 1. The zero-order valence-electron chi connectivity index (χ0n) is 14.8. The third-order valence-electron chi connectivity index (χ3n) is 3.64. The molecule has 0 bridgehead atoms. The summed E-state index contributed by atoms with van der Waals surface area (Å²) in [5.74, 6) is -5.66. The van der Waals surface area contributed by atoms with Crippen LogP contribution in [0.1, 0.15) is 33.3 Å². The van der Waals surface area contributed by atoms with Gasteiger partial charge in [-0.2, -0.15) is 13.9 Å². The number of benzene rings is 1. The highest BCUT2D eigenvalue weighted by atomic mass is 19.3. The van der Waals surface area contributed by atoms with Crippen LogP contribution in [-0.2, 0) is 17.9 Å². The number of rotatable bonds is 9. The molecule has 7 nitrogen and oxygen atoms in total. The highest BCUT2D eigenvalue weighted by molar-refractivity contribution is 6.08. The first-order valence-electron chi connectivity index (χ1n) is 8.15. The van der Waals surface area contributed by atoms with Crippen molar-refractivity contribution in [3.05, 3.63) is 47.3 Å². The molecule has 28 heavy (non-hydrogen) atoms. The first-order valence-corrected chi connectivity index (χ1v) is 8.15. The maximum Gasteiger partial charge on any atom is 0.330 e. The summed E-state index contributed by atoms with van der Waals surface area (Å²) in [6.07, 6.45) is -2.38. The van der Waals surface area contributed by atoms with Gasteiger partial charge in [0.15, 0.2) is 5.69 Å². The largest absolute Gasteiger partial charge is 0.370 e. The molecule has 0 saturated carbocycles. The number of halogens is 4. The van der Waals surface area contributed by atoms with E-state index in [1.165, 1.54) is 35.1 Å². The van der Waals surface area contributed by atoms with E-state index in [4.69, 9.17) is 5.73 Å². The molecule has 3 N–H and O–H groups in total. The summed E-state index contributed by atoms with van der Waals surface area (Å²) >= 11 is 0. The average Bonchev–Trinajstić information content (AvgIpc) is 3.05. The van der Waals surface area contributed by atoms with E-state index in [0.29, 0.717) is 12.1 Å². The number of amides is 2. The molecule has 1 aromatic heterocycles. The molecule has 11 heteroatoms. The maximum atomic E-state index is 12.8. The molecular formula is C17H18F4N4O3. The highest BCUT2D eigenvalue weighted by Crippen LogP contribution is 2.23. The molecule has 2 amide bonds. The molecule has 2 rings (SSSR count). The number of aromatic nitrogens is 2. The predicted octanol–water partition coefficient (Wildman–Crippen LogP) is 2.67. The lowest BCUT2D eigenvalue weighted by Gasteiger charge is -2.15. The third-order valence-corrected chi connectivity index (χ3v) is 3.64. The smallest absolute Gasteiger partial charge is 0.330 e. The molecule has 0 aliphatic carbocycles. The second kappa shape index (κ2) is 8.83. The Hall–Kier alpha value is -2.95. The molecule has 1 heterocycles. The monoisotopic (exact) mass is 402 g/mol. The number of hydrogen-bond donors (Lipinski definition) is 2. The first kappa shape index (κ1) is 21.4. The van der Waals surface area contributed by atoms with Crippen LogP contribution in [0.5, 0.6) is 0 Å². The molecule has 152 valence electrons. The van der Waals surface area contributed by atoms with Crippen LogP contribution in [0.15, 0.2) is 30.5 Å². The van der Waals surface area contributed by atoms with Gasteiger partial charge in [-0.1, -0.05) is 12.1 Å². The number of anilines is 1. The molecule has 2 aromatic rings. The van der Waals surface area contributed by atoms with E-state index in [-0.39, 0.29) is 23.6 Å². The van der Waals surface area contributed by atoms with Crippen LogP contribution in [0.3, 0.4) is 0 Å². The minimum Gasteiger partial charge on any atom is -0.370 e.